The van der Waals surface area contributed by atoms with Gasteiger partial charge in [0.1, 0.15) is 11.5 Å². The number of nitrogens with zero attached hydrogens (tertiary/aromatic N) is 1. The summed E-state index contributed by atoms with van der Waals surface area (Å²) in [6, 6.07) is 1.58. The number of benzene rings is 1. The van der Waals surface area contributed by atoms with Gasteiger partial charge in [0.2, 0.25) is 0 Å². The number of oxime groups is 1. The fraction of sp³-hybridized carbons (Fsp3) is 0.353. The first-order valence-electron chi connectivity index (χ1n) is 7.36. The molecule has 1 aliphatic carbocycles. The van der Waals surface area contributed by atoms with Crippen LogP contribution >= 0.6 is 0 Å². The van der Waals surface area contributed by atoms with Crippen molar-refractivity contribution >= 4 is 17.3 Å². The fourth-order valence-corrected chi connectivity index (χ4v) is 2.61. The van der Waals surface area contributed by atoms with Crippen LogP contribution < -0.4 is 9.47 Å². The molecule has 0 spiro atoms. The number of allylic oxidation sites excluding steroid dienone is 2. The lowest BCUT2D eigenvalue weighted by atomic mass is 9.89. The van der Waals surface area contributed by atoms with Crippen molar-refractivity contribution in [2.75, 3.05) is 14.2 Å². The van der Waals surface area contributed by atoms with Crippen molar-refractivity contribution in [3.05, 3.63) is 34.9 Å². The summed E-state index contributed by atoms with van der Waals surface area (Å²) >= 11 is 0. The van der Waals surface area contributed by atoms with Crippen LogP contribution in [0.25, 0.3) is 0 Å². The first kappa shape index (κ1) is 16.7. The molecular formula is C17H19NO5. The molecule has 0 saturated carbocycles. The summed E-state index contributed by atoms with van der Waals surface area (Å²) in [5.74, 6) is -0.176. The van der Waals surface area contributed by atoms with Gasteiger partial charge in [0.05, 0.1) is 31.1 Å². The van der Waals surface area contributed by atoms with Crippen molar-refractivity contribution in [3.63, 3.8) is 0 Å². The maximum atomic E-state index is 12.3. The van der Waals surface area contributed by atoms with E-state index in [1.54, 1.807) is 6.07 Å². The molecule has 0 amide bonds. The summed E-state index contributed by atoms with van der Waals surface area (Å²) < 4.78 is 10.6. The molecule has 0 unspecified atom stereocenters. The van der Waals surface area contributed by atoms with Gasteiger partial charge in [0.25, 0.3) is 0 Å². The molecule has 1 aromatic rings. The van der Waals surface area contributed by atoms with Gasteiger partial charge < -0.3 is 14.7 Å². The van der Waals surface area contributed by atoms with Crippen molar-refractivity contribution < 1.29 is 24.3 Å². The van der Waals surface area contributed by atoms with Crippen LogP contribution in [0.4, 0.5) is 0 Å². The first-order chi connectivity index (χ1) is 11.1. The van der Waals surface area contributed by atoms with E-state index in [1.165, 1.54) is 26.4 Å². The predicted molar refractivity (Wildman–Crippen MR) is 85.2 cm³/mol. The summed E-state index contributed by atoms with van der Waals surface area (Å²) in [6.45, 7) is 2.02. The Hall–Kier alpha value is -2.63. The number of ether oxygens (including phenoxy) is 2. The maximum absolute atomic E-state index is 12.3. The molecule has 0 bridgehead atoms. The van der Waals surface area contributed by atoms with Crippen LogP contribution in [0.3, 0.4) is 0 Å². The van der Waals surface area contributed by atoms with E-state index in [0.717, 1.165) is 12.8 Å². The highest BCUT2D eigenvalue weighted by Crippen LogP contribution is 2.38. The van der Waals surface area contributed by atoms with E-state index >= 15 is 0 Å². The van der Waals surface area contributed by atoms with E-state index in [1.807, 2.05) is 6.92 Å². The molecule has 0 saturated heterocycles. The van der Waals surface area contributed by atoms with Gasteiger partial charge in [-0.1, -0.05) is 18.5 Å². The van der Waals surface area contributed by atoms with Crippen LogP contribution in [0.1, 0.15) is 52.5 Å². The minimum absolute atomic E-state index is 0.145. The average molecular weight is 317 g/mol. The predicted octanol–water partition coefficient (Wildman–Crippen LogP) is 3.01. The molecule has 0 aliphatic heterocycles. The molecule has 6 heteroatoms. The summed E-state index contributed by atoms with van der Waals surface area (Å²) in [7, 11) is 2.83. The monoisotopic (exact) mass is 317 g/mol. The van der Waals surface area contributed by atoms with E-state index < -0.39 is 0 Å². The van der Waals surface area contributed by atoms with Crippen molar-refractivity contribution in [2.24, 2.45) is 5.16 Å². The van der Waals surface area contributed by atoms with E-state index in [9.17, 15) is 14.8 Å². The molecule has 2 rings (SSSR count). The number of rotatable bonds is 6. The summed E-state index contributed by atoms with van der Waals surface area (Å²) in [5, 5.41) is 12.7. The van der Waals surface area contributed by atoms with Crippen LogP contribution in [0, 0.1) is 0 Å². The zero-order chi connectivity index (χ0) is 17.0. The first-order valence-corrected chi connectivity index (χ1v) is 7.36. The Morgan fingerprint density at radius 1 is 1.13 bits per heavy atom. The molecule has 0 radical (unpaired) electrons. The third kappa shape index (κ3) is 2.97. The van der Waals surface area contributed by atoms with Crippen LogP contribution in [0.5, 0.6) is 11.5 Å². The molecule has 0 heterocycles. The number of carbonyl (C=O) groups is 2. The van der Waals surface area contributed by atoms with E-state index in [-0.39, 0.29) is 34.2 Å². The van der Waals surface area contributed by atoms with Gasteiger partial charge in [-0.3, -0.25) is 9.59 Å². The second-order valence-corrected chi connectivity index (χ2v) is 5.12. The molecule has 1 N–H and O–H groups in total. The molecule has 1 aromatic carbocycles. The number of methoxy groups -OCH3 is 2. The second kappa shape index (κ2) is 7.09. The lowest BCUT2D eigenvalue weighted by Gasteiger charge is -2.20. The average Bonchev–Trinajstić information content (AvgIpc) is 2.57. The molecular weight excluding hydrogens is 298 g/mol. The number of unbranched alkanes of at least 4 members (excludes halogenated alkanes) is 1. The third-order valence-corrected chi connectivity index (χ3v) is 3.75. The highest BCUT2D eigenvalue weighted by atomic mass is 16.5. The van der Waals surface area contributed by atoms with Crippen LogP contribution in [0.2, 0.25) is 0 Å². The van der Waals surface area contributed by atoms with Crippen molar-refractivity contribution in [1.29, 1.82) is 0 Å². The largest absolute Gasteiger partial charge is 0.496 e. The smallest absolute Gasteiger partial charge is 0.190 e. The molecule has 0 fully saturated rings. The van der Waals surface area contributed by atoms with E-state index in [4.69, 9.17) is 9.47 Å². The van der Waals surface area contributed by atoms with Crippen molar-refractivity contribution in [1.82, 2.24) is 0 Å². The minimum atomic E-state index is -0.343. The number of carbonyl (C=O) groups excluding carboxylic acids is 2. The highest BCUT2D eigenvalue weighted by molar-refractivity contribution is 6.25. The van der Waals surface area contributed by atoms with Gasteiger partial charge >= 0.3 is 0 Å². The quantitative estimate of drug-likeness (QED) is 0.495. The highest BCUT2D eigenvalue weighted by Gasteiger charge is 2.30. The molecule has 0 atom stereocenters. The topological polar surface area (TPSA) is 85.2 Å². The Bertz CT molecular complexity index is 703. The van der Waals surface area contributed by atoms with Gasteiger partial charge in [-0.05, 0) is 31.1 Å². The Morgan fingerprint density at radius 3 is 2.30 bits per heavy atom. The van der Waals surface area contributed by atoms with Gasteiger partial charge in [-0.15, -0.1) is 0 Å². The third-order valence-electron chi connectivity index (χ3n) is 3.75. The zero-order valence-electron chi connectivity index (χ0n) is 13.4. The Balaban J connectivity index is 2.73. The van der Waals surface area contributed by atoms with Crippen LogP contribution in [-0.2, 0) is 0 Å². The SMILES string of the molecule is CCCC/C(=N\O)c1cc(OC)c2c(c1OC)C(=O)C=CC2=O. The van der Waals surface area contributed by atoms with Crippen LogP contribution in [0.15, 0.2) is 23.4 Å². The summed E-state index contributed by atoms with van der Waals surface area (Å²) in [6.07, 6.45) is 4.67. The lowest BCUT2D eigenvalue weighted by Crippen LogP contribution is -2.17. The lowest BCUT2D eigenvalue weighted by molar-refractivity contribution is 0.0989. The normalized spacial score (nSPS) is 14.0. The number of hydrogen-bond donors (Lipinski definition) is 1. The minimum Gasteiger partial charge on any atom is -0.496 e. The Labute approximate surface area is 134 Å². The number of hydrogen-bond acceptors (Lipinski definition) is 6. The van der Waals surface area contributed by atoms with E-state index in [2.05, 4.69) is 5.16 Å². The van der Waals surface area contributed by atoms with Gasteiger partial charge in [-0.2, -0.15) is 0 Å². The number of fused-ring (bicyclic) bond motifs is 1. The summed E-state index contributed by atoms with van der Waals surface area (Å²) in [4.78, 5) is 24.4. The fourth-order valence-electron chi connectivity index (χ4n) is 2.61. The van der Waals surface area contributed by atoms with Gasteiger partial charge in [0.15, 0.2) is 11.6 Å². The van der Waals surface area contributed by atoms with E-state index in [0.29, 0.717) is 17.7 Å². The second-order valence-electron chi connectivity index (χ2n) is 5.12. The van der Waals surface area contributed by atoms with Crippen molar-refractivity contribution in [3.8, 4) is 11.5 Å². The molecule has 6 nitrogen and oxygen atoms in total. The maximum Gasteiger partial charge on any atom is 0.190 e. The Kier molecular flexibility index (Phi) is 5.16. The molecule has 122 valence electrons. The van der Waals surface area contributed by atoms with Crippen LogP contribution in [-0.4, -0.2) is 36.7 Å². The van der Waals surface area contributed by atoms with Crippen molar-refractivity contribution in [2.45, 2.75) is 26.2 Å². The molecule has 23 heavy (non-hydrogen) atoms. The molecule has 1 aliphatic rings. The number of ketones is 2. The summed E-state index contributed by atoms with van der Waals surface area (Å²) in [5.41, 5.74) is 1.16. The molecule has 0 aromatic heterocycles. The van der Waals surface area contributed by atoms with Gasteiger partial charge in [0, 0.05) is 5.56 Å². The standard InChI is InChI=1S/C17H19NO5/c1-4-5-6-11(18-21)10-9-14(22-2)15-12(19)7-8-13(20)16(15)17(10)23-3/h7-9,21H,4-6H2,1-3H3/b18-11+. The zero-order valence-corrected chi connectivity index (χ0v) is 13.4. The van der Waals surface area contributed by atoms with Gasteiger partial charge in [-0.25, -0.2) is 0 Å². The Morgan fingerprint density at radius 2 is 1.78 bits per heavy atom.